The van der Waals surface area contributed by atoms with Gasteiger partial charge in [-0.3, -0.25) is 4.90 Å². The zero-order chi connectivity index (χ0) is 18.1. The standard InChI is InChI=1S/C21H30N4O/c1-16(2)11-25-13-19-9-10-24(12-18-7-5-4-6-8-18)14-21(19,15-25)20-22-17(3)23-26-20/h4-8,16,19H,9-15H2,1-3H3/t19-,21-/m0/s1. The average Bonchev–Trinajstić information content (AvgIpc) is 3.19. The van der Waals surface area contributed by atoms with Crippen molar-refractivity contribution in [3.8, 4) is 0 Å². The van der Waals surface area contributed by atoms with Crippen LogP contribution in [-0.4, -0.2) is 52.7 Å². The number of hydrogen-bond acceptors (Lipinski definition) is 5. The molecule has 2 aliphatic rings. The SMILES string of the molecule is Cc1noc([C@]23CN(Cc4ccccc4)CC[C@H]2CN(CC(C)C)C3)n1. The van der Waals surface area contributed by atoms with Crippen molar-refractivity contribution in [1.29, 1.82) is 0 Å². The van der Waals surface area contributed by atoms with Crippen molar-refractivity contribution in [3.63, 3.8) is 0 Å². The Balaban J connectivity index is 1.59. The van der Waals surface area contributed by atoms with E-state index in [4.69, 9.17) is 9.51 Å². The van der Waals surface area contributed by atoms with Crippen LogP contribution in [0.15, 0.2) is 34.9 Å². The molecule has 2 aliphatic heterocycles. The van der Waals surface area contributed by atoms with Gasteiger partial charge in [0.25, 0.3) is 0 Å². The minimum absolute atomic E-state index is 0.0246. The van der Waals surface area contributed by atoms with Gasteiger partial charge in [-0.15, -0.1) is 0 Å². The minimum atomic E-state index is -0.0246. The molecule has 2 atom stereocenters. The molecule has 5 heteroatoms. The van der Waals surface area contributed by atoms with Crippen molar-refractivity contribution in [2.24, 2.45) is 11.8 Å². The van der Waals surface area contributed by atoms with E-state index < -0.39 is 0 Å². The summed E-state index contributed by atoms with van der Waals surface area (Å²) in [6.45, 7) is 13.0. The van der Waals surface area contributed by atoms with Crippen LogP contribution in [0.5, 0.6) is 0 Å². The molecule has 0 bridgehead atoms. The number of rotatable bonds is 5. The normalized spacial score (nSPS) is 27.2. The Morgan fingerprint density at radius 3 is 2.65 bits per heavy atom. The summed E-state index contributed by atoms with van der Waals surface area (Å²) < 4.78 is 5.75. The van der Waals surface area contributed by atoms with E-state index >= 15 is 0 Å². The highest BCUT2D eigenvalue weighted by Gasteiger charge is 2.54. The Bertz CT molecular complexity index is 729. The molecule has 0 spiro atoms. The van der Waals surface area contributed by atoms with Crippen molar-refractivity contribution >= 4 is 0 Å². The lowest BCUT2D eigenvalue weighted by Crippen LogP contribution is -2.51. The third-order valence-corrected chi connectivity index (χ3v) is 5.89. The maximum absolute atomic E-state index is 5.75. The molecule has 0 radical (unpaired) electrons. The predicted molar refractivity (Wildman–Crippen MR) is 102 cm³/mol. The Kier molecular flexibility index (Phi) is 4.84. The van der Waals surface area contributed by atoms with E-state index in [-0.39, 0.29) is 5.41 Å². The smallest absolute Gasteiger partial charge is 0.235 e. The predicted octanol–water partition coefficient (Wildman–Crippen LogP) is 3.11. The largest absolute Gasteiger partial charge is 0.339 e. The molecule has 0 N–H and O–H groups in total. The number of aromatic nitrogens is 2. The van der Waals surface area contributed by atoms with Gasteiger partial charge in [0.05, 0.1) is 5.41 Å². The fourth-order valence-electron chi connectivity index (χ4n) is 4.88. The van der Waals surface area contributed by atoms with E-state index in [1.54, 1.807) is 0 Å². The molecule has 4 rings (SSSR count). The van der Waals surface area contributed by atoms with Gasteiger partial charge >= 0.3 is 0 Å². The highest BCUT2D eigenvalue weighted by molar-refractivity contribution is 5.19. The van der Waals surface area contributed by atoms with Crippen LogP contribution in [0.1, 0.15) is 37.5 Å². The lowest BCUT2D eigenvalue weighted by Gasteiger charge is -2.42. The van der Waals surface area contributed by atoms with Gasteiger partial charge in [-0.2, -0.15) is 4.98 Å². The van der Waals surface area contributed by atoms with Gasteiger partial charge in [-0.1, -0.05) is 49.3 Å². The van der Waals surface area contributed by atoms with Crippen molar-refractivity contribution < 1.29 is 4.52 Å². The van der Waals surface area contributed by atoms with Gasteiger partial charge in [0, 0.05) is 32.7 Å². The first-order chi connectivity index (χ1) is 12.5. The van der Waals surface area contributed by atoms with Gasteiger partial charge in [0.15, 0.2) is 5.82 Å². The molecule has 140 valence electrons. The number of fused-ring (bicyclic) bond motifs is 1. The van der Waals surface area contributed by atoms with Crippen LogP contribution >= 0.6 is 0 Å². The summed E-state index contributed by atoms with van der Waals surface area (Å²) in [6.07, 6.45) is 1.20. The summed E-state index contributed by atoms with van der Waals surface area (Å²) in [5.74, 6) is 2.88. The molecule has 2 aromatic rings. The Labute approximate surface area is 156 Å². The minimum Gasteiger partial charge on any atom is -0.339 e. The summed E-state index contributed by atoms with van der Waals surface area (Å²) >= 11 is 0. The molecular formula is C21H30N4O. The summed E-state index contributed by atoms with van der Waals surface area (Å²) in [7, 11) is 0. The van der Waals surface area contributed by atoms with E-state index in [9.17, 15) is 0 Å². The second-order valence-electron chi connectivity index (χ2n) is 8.57. The molecule has 0 saturated carbocycles. The van der Waals surface area contributed by atoms with Crippen molar-refractivity contribution in [1.82, 2.24) is 19.9 Å². The van der Waals surface area contributed by atoms with Gasteiger partial charge in [-0.25, -0.2) is 0 Å². The Morgan fingerprint density at radius 1 is 1.19 bits per heavy atom. The second-order valence-corrected chi connectivity index (χ2v) is 8.57. The lowest BCUT2D eigenvalue weighted by atomic mass is 9.73. The van der Waals surface area contributed by atoms with Crippen LogP contribution in [0, 0.1) is 18.8 Å². The number of nitrogens with zero attached hydrogens (tertiary/aromatic N) is 4. The number of aryl methyl sites for hydroxylation is 1. The van der Waals surface area contributed by atoms with E-state index in [1.165, 1.54) is 12.0 Å². The van der Waals surface area contributed by atoms with E-state index in [1.807, 2.05) is 6.92 Å². The summed E-state index contributed by atoms with van der Waals surface area (Å²) in [4.78, 5) is 9.88. The number of likely N-dealkylation sites (tertiary alicyclic amines) is 2. The highest BCUT2D eigenvalue weighted by atomic mass is 16.5. The maximum atomic E-state index is 5.75. The number of hydrogen-bond donors (Lipinski definition) is 0. The van der Waals surface area contributed by atoms with Gasteiger partial charge < -0.3 is 9.42 Å². The monoisotopic (exact) mass is 354 g/mol. The Morgan fingerprint density at radius 2 is 1.96 bits per heavy atom. The molecule has 2 fully saturated rings. The molecule has 26 heavy (non-hydrogen) atoms. The molecule has 0 unspecified atom stereocenters. The molecule has 0 aliphatic carbocycles. The maximum Gasteiger partial charge on any atom is 0.235 e. The van der Waals surface area contributed by atoms with E-state index in [0.29, 0.717) is 11.8 Å². The molecular weight excluding hydrogens is 324 g/mol. The molecule has 3 heterocycles. The third kappa shape index (κ3) is 3.42. The highest BCUT2D eigenvalue weighted by Crippen LogP contribution is 2.44. The third-order valence-electron chi connectivity index (χ3n) is 5.89. The number of piperidine rings is 1. The average molecular weight is 354 g/mol. The van der Waals surface area contributed by atoms with Gasteiger partial charge in [0.1, 0.15) is 0 Å². The van der Waals surface area contributed by atoms with Gasteiger partial charge in [-0.05, 0) is 37.3 Å². The van der Waals surface area contributed by atoms with Crippen molar-refractivity contribution in [2.45, 2.75) is 39.2 Å². The van der Waals surface area contributed by atoms with Crippen LogP contribution in [0.25, 0.3) is 0 Å². The van der Waals surface area contributed by atoms with E-state index in [2.05, 4.69) is 59.1 Å². The summed E-state index contributed by atoms with van der Waals surface area (Å²) in [5.41, 5.74) is 1.35. The fourth-order valence-corrected chi connectivity index (χ4v) is 4.88. The zero-order valence-electron chi connectivity index (χ0n) is 16.2. The first-order valence-corrected chi connectivity index (χ1v) is 9.84. The topological polar surface area (TPSA) is 45.4 Å². The molecule has 1 aromatic carbocycles. The molecule has 1 aromatic heterocycles. The van der Waals surface area contributed by atoms with Crippen molar-refractivity contribution in [3.05, 3.63) is 47.6 Å². The zero-order valence-corrected chi connectivity index (χ0v) is 16.2. The second kappa shape index (κ2) is 7.12. The molecule has 2 saturated heterocycles. The van der Waals surface area contributed by atoms with Crippen molar-refractivity contribution in [2.75, 3.05) is 32.7 Å². The van der Waals surface area contributed by atoms with E-state index in [0.717, 1.165) is 51.0 Å². The lowest BCUT2D eigenvalue weighted by molar-refractivity contribution is 0.0876. The van der Waals surface area contributed by atoms with Crippen LogP contribution < -0.4 is 0 Å². The van der Waals surface area contributed by atoms with Crippen LogP contribution in [0.4, 0.5) is 0 Å². The van der Waals surface area contributed by atoms with Gasteiger partial charge in [0.2, 0.25) is 5.89 Å². The molecule has 0 amide bonds. The summed E-state index contributed by atoms with van der Waals surface area (Å²) in [6, 6.07) is 10.8. The molecule has 5 nitrogen and oxygen atoms in total. The van der Waals surface area contributed by atoms with Crippen LogP contribution in [0.2, 0.25) is 0 Å². The fraction of sp³-hybridized carbons (Fsp3) is 0.619. The quantitative estimate of drug-likeness (QED) is 0.825. The van der Waals surface area contributed by atoms with Crippen LogP contribution in [-0.2, 0) is 12.0 Å². The Hall–Kier alpha value is -1.72. The first-order valence-electron chi connectivity index (χ1n) is 9.84. The van der Waals surface area contributed by atoms with Crippen LogP contribution in [0.3, 0.4) is 0 Å². The summed E-state index contributed by atoms with van der Waals surface area (Å²) in [5, 5.41) is 4.12. The number of benzene rings is 1. The first kappa shape index (κ1) is 17.7.